The SMILES string of the molecule is Cc1ccc(CO)cc1S(=O)(=O)Nc1cccc(C)c1C. The minimum atomic E-state index is -3.68. The van der Waals surface area contributed by atoms with Gasteiger partial charge in [0.05, 0.1) is 17.2 Å². The minimum Gasteiger partial charge on any atom is -0.392 e. The number of hydrogen-bond donors (Lipinski definition) is 2. The third kappa shape index (κ3) is 3.25. The number of nitrogens with one attached hydrogen (secondary N) is 1. The van der Waals surface area contributed by atoms with Gasteiger partial charge in [-0.05, 0) is 55.2 Å². The zero-order valence-electron chi connectivity index (χ0n) is 12.3. The van der Waals surface area contributed by atoms with Crippen molar-refractivity contribution in [1.29, 1.82) is 0 Å². The van der Waals surface area contributed by atoms with E-state index in [0.29, 0.717) is 16.8 Å². The summed E-state index contributed by atoms with van der Waals surface area (Å²) in [4.78, 5) is 0.190. The summed E-state index contributed by atoms with van der Waals surface area (Å²) in [6.07, 6.45) is 0. The van der Waals surface area contributed by atoms with Gasteiger partial charge >= 0.3 is 0 Å². The first-order valence-electron chi connectivity index (χ1n) is 6.64. The average molecular weight is 305 g/mol. The Morgan fingerprint density at radius 2 is 1.76 bits per heavy atom. The largest absolute Gasteiger partial charge is 0.392 e. The lowest BCUT2D eigenvalue weighted by molar-refractivity contribution is 0.281. The molecule has 5 heteroatoms. The number of aliphatic hydroxyl groups excluding tert-OH is 1. The second kappa shape index (κ2) is 5.87. The van der Waals surface area contributed by atoms with Crippen LogP contribution in [0.1, 0.15) is 22.3 Å². The summed E-state index contributed by atoms with van der Waals surface area (Å²) in [5.41, 5.74) is 3.71. The summed E-state index contributed by atoms with van der Waals surface area (Å²) < 4.78 is 27.7. The third-order valence-corrected chi connectivity index (χ3v) is 5.08. The van der Waals surface area contributed by atoms with Crippen LogP contribution in [-0.2, 0) is 16.6 Å². The molecule has 0 heterocycles. The van der Waals surface area contributed by atoms with Crippen molar-refractivity contribution in [1.82, 2.24) is 0 Å². The fourth-order valence-corrected chi connectivity index (χ4v) is 3.51. The van der Waals surface area contributed by atoms with E-state index in [4.69, 9.17) is 0 Å². The highest BCUT2D eigenvalue weighted by Crippen LogP contribution is 2.24. The zero-order valence-corrected chi connectivity index (χ0v) is 13.2. The standard InChI is InChI=1S/C16H19NO3S/c1-11-5-4-6-15(13(11)3)17-21(19,20)16-9-14(10-18)8-7-12(16)2/h4-9,17-18H,10H2,1-3H3. The Kier molecular flexibility index (Phi) is 4.34. The Balaban J connectivity index is 2.46. The molecule has 21 heavy (non-hydrogen) atoms. The van der Waals surface area contributed by atoms with Crippen LogP contribution in [0.3, 0.4) is 0 Å². The summed E-state index contributed by atoms with van der Waals surface area (Å²) in [6, 6.07) is 10.4. The van der Waals surface area contributed by atoms with Gasteiger partial charge in [0.1, 0.15) is 0 Å². The Labute approximate surface area is 125 Å². The van der Waals surface area contributed by atoms with Gasteiger partial charge in [-0.1, -0.05) is 24.3 Å². The molecule has 0 saturated heterocycles. The van der Waals surface area contributed by atoms with Gasteiger partial charge in [-0.2, -0.15) is 0 Å². The second-order valence-electron chi connectivity index (χ2n) is 5.11. The van der Waals surface area contributed by atoms with E-state index in [1.54, 1.807) is 25.1 Å². The van der Waals surface area contributed by atoms with Gasteiger partial charge in [0.25, 0.3) is 10.0 Å². The van der Waals surface area contributed by atoms with Crippen molar-refractivity contribution in [2.75, 3.05) is 4.72 Å². The number of aryl methyl sites for hydroxylation is 2. The van der Waals surface area contributed by atoms with Crippen LogP contribution >= 0.6 is 0 Å². The van der Waals surface area contributed by atoms with Crippen molar-refractivity contribution in [2.45, 2.75) is 32.3 Å². The topological polar surface area (TPSA) is 66.4 Å². The van der Waals surface area contributed by atoms with E-state index in [1.807, 2.05) is 26.0 Å². The third-order valence-electron chi connectivity index (χ3n) is 3.57. The first kappa shape index (κ1) is 15.5. The highest BCUT2D eigenvalue weighted by Gasteiger charge is 2.18. The molecule has 0 bridgehead atoms. The number of hydrogen-bond acceptors (Lipinski definition) is 3. The lowest BCUT2D eigenvalue weighted by Gasteiger charge is -2.14. The van der Waals surface area contributed by atoms with E-state index in [0.717, 1.165) is 11.1 Å². The highest BCUT2D eigenvalue weighted by atomic mass is 32.2. The maximum Gasteiger partial charge on any atom is 0.262 e. The van der Waals surface area contributed by atoms with Crippen molar-refractivity contribution in [2.24, 2.45) is 0 Å². The Bertz CT molecular complexity index is 767. The summed E-state index contributed by atoms with van der Waals surface area (Å²) in [6.45, 7) is 5.36. The maximum atomic E-state index is 12.6. The monoisotopic (exact) mass is 305 g/mol. The van der Waals surface area contributed by atoms with E-state index >= 15 is 0 Å². The van der Waals surface area contributed by atoms with Gasteiger partial charge in [-0.3, -0.25) is 4.72 Å². The average Bonchev–Trinajstić information content (AvgIpc) is 2.44. The molecule has 0 spiro atoms. The normalized spacial score (nSPS) is 11.4. The number of benzene rings is 2. The summed E-state index contributed by atoms with van der Waals surface area (Å²) in [5.74, 6) is 0. The van der Waals surface area contributed by atoms with Gasteiger partial charge in [0, 0.05) is 0 Å². The van der Waals surface area contributed by atoms with Crippen molar-refractivity contribution >= 4 is 15.7 Å². The molecule has 0 amide bonds. The van der Waals surface area contributed by atoms with Crippen molar-refractivity contribution in [3.8, 4) is 0 Å². The van der Waals surface area contributed by atoms with Crippen LogP contribution in [0.15, 0.2) is 41.3 Å². The van der Waals surface area contributed by atoms with Crippen LogP contribution in [-0.4, -0.2) is 13.5 Å². The molecule has 0 unspecified atom stereocenters. The van der Waals surface area contributed by atoms with Crippen LogP contribution < -0.4 is 4.72 Å². The fraction of sp³-hybridized carbons (Fsp3) is 0.250. The highest BCUT2D eigenvalue weighted by molar-refractivity contribution is 7.92. The van der Waals surface area contributed by atoms with Crippen LogP contribution in [0, 0.1) is 20.8 Å². The van der Waals surface area contributed by atoms with Crippen molar-refractivity contribution in [3.05, 3.63) is 58.7 Å². The molecule has 2 aromatic carbocycles. The molecule has 2 aromatic rings. The van der Waals surface area contributed by atoms with E-state index < -0.39 is 10.0 Å². The zero-order chi connectivity index (χ0) is 15.6. The lowest BCUT2D eigenvalue weighted by Crippen LogP contribution is -2.15. The minimum absolute atomic E-state index is 0.188. The van der Waals surface area contributed by atoms with Crippen LogP contribution in [0.5, 0.6) is 0 Å². The van der Waals surface area contributed by atoms with Crippen molar-refractivity contribution in [3.63, 3.8) is 0 Å². The summed E-state index contributed by atoms with van der Waals surface area (Å²) in [5, 5.41) is 9.17. The first-order valence-corrected chi connectivity index (χ1v) is 8.13. The molecule has 2 N–H and O–H groups in total. The molecule has 0 saturated carbocycles. The molecule has 0 aliphatic heterocycles. The predicted molar refractivity (Wildman–Crippen MR) is 83.8 cm³/mol. The van der Waals surface area contributed by atoms with E-state index in [1.165, 1.54) is 6.07 Å². The molecule has 0 atom stereocenters. The number of sulfonamides is 1. The van der Waals surface area contributed by atoms with E-state index in [9.17, 15) is 13.5 Å². The molecule has 4 nitrogen and oxygen atoms in total. The van der Waals surface area contributed by atoms with Gasteiger partial charge in [0.15, 0.2) is 0 Å². The Hall–Kier alpha value is -1.85. The van der Waals surface area contributed by atoms with Gasteiger partial charge in [-0.15, -0.1) is 0 Å². The van der Waals surface area contributed by atoms with E-state index in [-0.39, 0.29) is 11.5 Å². The van der Waals surface area contributed by atoms with Crippen molar-refractivity contribution < 1.29 is 13.5 Å². The molecule has 0 aliphatic carbocycles. The molecule has 0 fully saturated rings. The number of rotatable bonds is 4. The Morgan fingerprint density at radius 3 is 2.43 bits per heavy atom. The van der Waals surface area contributed by atoms with Crippen LogP contribution in [0.2, 0.25) is 0 Å². The molecule has 112 valence electrons. The fourth-order valence-electron chi connectivity index (χ4n) is 2.09. The number of aliphatic hydroxyl groups is 1. The summed E-state index contributed by atoms with van der Waals surface area (Å²) in [7, 11) is -3.68. The molecular formula is C16H19NO3S. The second-order valence-corrected chi connectivity index (χ2v) is 6.76. The van der Waals surface area contributed by atoms with Crippen LogP contribution in [0.4, 0.5) is 5.69 Å². The molecule has 0 aromatic heterocycles. The van der Waals surface area contributed by atoms with Gasteiger partial charge in [-0.25, -0.2) is 8.42 Å². The molecule has 2 rings (SSSR count). The number of anilines is 1. The maximum absolute atomic E-state index is 12.6. The van der Waals surface area contributed by atoms with Gasteiger partial charge < -0.3 is 5.11 Å². The Morgan fingerprint density at radius 1 is 1.05 bits per heavy atom. The summed E-state index contributed by atoms with van der Waals surface area (Å²) >= 11 is 0. The quantitative estimate of drug-likeness (QED) is 0.912. The first-order chi connectivity index (χ1) is 9.85. The predicted octanol–water partition coefficient (Wildman–Crippen LogP) is 2.90. The van der Waals surface area contributed by atoms with Gasteiger partial charge in [0.2, 0.25) is 0 Å². The molecule has 0 radical (unpaired) electrons. The molecular weight excluding hydrogens is 286 g/mol. The smallest absolute Gasteiger partial charge is 0.262 e. The van der Waals surface area contributed by atoms with E-state index in [2.05, 4.69) is 4.72 Å². The lowest BCUT2D eigenvalue weighted by atomic mass is 10.1. The van der Waals surface area contributed by atoms with Crippen LogP contribution in [0.25, 0.3) is 0 Å². The molecule has 0 aliphatic rings.